The van der Waals surface area contributed by atoms with E-state index < -0.39 is 0 Å². The van der Waals surface area contributed by atoms with Gasteiger partial charge in [-0.2, -0.15) is 0 Å². The highest BCUT2D eigenvalue weighted by Crippen LogP contribution is 2.33. The number of carbonyl (C=O) groups is 1. The van der Waals surface area contributed by atoms with Crippen molar-refractivity contribution in [2.75, 3.05) is 26.7 Å². The highest BCUT2D eigenvalue weighted by Gasteiger charge is 2.27. The summed E-state index contributed by atoms with van der Waals surface area (Å²) in [6, 6.07) is 8.93. The summed E-state index contributed by atoms with van der Waals surface area (Å²) in [5.74, 6) is 1.65. The van der Waals surface area contributed by atoms with Gasteiger partial charge in [0.05, 0.1) is 0 Å². The summed E-state index contributed by atoms with van der Waals surface area (Å²) in [5.41, 5.74) is 2.92. The van der Waals surface area contributed by atoms with Crippen LogP contribution >= 0.6 is 24.0 Å². The number of halogens is 1. The van der Waals surface area contributed by atoms with Crippen LogP contribution in [-0.4, -0.2) is 49.5 Å². The van der Waals surface area contributed by atoms with E-state index in [0.717, 1.165) is 38.4 Å². The van der Waals surface area contributed by atoms with E-state index in [-0.39, 0.29) is 29.9 Å². The lowest BCUT2D eigenvalue weighted by Gasteiger charge is -2.31. The number of carbonyl (C=O) groups excluding carboxylic acids is 1. The first-order chi connectivity index (χ1) is 11.2. The van der Waals surface area contributed by atoms with Gasteiger partial charge in [0.15, 0.2) is 5.96 Å². The van der Waals surface area contributed by atoms with Gasteiger partial charge in [0, 0.05) is 45.1 Å². The first kappa shape index (κ1) is 19.0. The van der Waals surface area contributed by atoms with Crippen molar-refractivity contribution in [2.24, 2.45) is 4.99 Å². The zero-order chi connectivity index (χ0) is 16.2. The van der Waals surface area contributed by atoms with Crippen molar-refractivity contribution in [1.29, 1.82) is 0 Å². The molecule has 0 saturated carbocycles. The molecule has 2 N–H and O–H groups in total. The van der Waals surface area contributed by atoms with Gasteiger partial charge in [0.2, 0.25) is 5.91 Å². The molecule has 2 atom stereocenters. The summed E-state index contributed by atoms with van der Waals surface area (Å²) in [4.78, 5) is 18.0. The highest BCUT2D eigenvalue weighted by atomic mass is 127. The molecule has 1 aliphatic heterocycles. The van der Waals surface area contributed by atoms with Crippen molar-refractivity contribution in [1.82, 2.24) is 15.5 Å². The molecule has 132 valence electrons. The molecule has 5 nitrogen and oxygen atoms in total. The van der Waals surface area contributed by atoms with E-state index in [1.807, 2.05) is 11.8 Å². The van der Waals surface area contributed by atoms with Crippen LogP contribution in [0.15, 0.2) is 29.3 Å². The second kappa shape index (κ2) is 8.69. The molecule has 6 heteroatoms. The number of hydrogen-bond acceptors (Lipinski definition) is 2. The molecular weight excluding hydrogens is 415 g/mol. The van der Waals surface area contributed by atoms with Crippen molar-refractivity contribution in [3.8, 4) is 0 Å². The molecule has 0 bridgehead atoms. The lowest BCUT2D eigenvalue weighted by molar-refractivity contribution is -0.129. The topological polar surface area (TPSA) is 56.7 Å². The molecule has 1 saturated heterocycles. The third-order valence-electron chi connectivity index (χ3n) is 4.88. The van der Waals surface area contributed by atoms with Crippen LogP contribution < -0.4 is 10.6 Å². The number of rotatable bonds is 4. The Labute approximate surface area is 161 Å². The van der Waals surface area contributed by atoms with Crippen LogP contribution in [0.5, 0.6) is 0 Å². The highest BCUT2D eigenvalue weighted by molar-refractivity contribution is 14.0. The van der Waals surface area contributed by atoms with Crippen molar-refractivity contribution in [2.45, 2.75) is 38.1 Å². The zero-order valence-corrected chi connectivity index (χ0v) is 16.7. The molecule has 1 amide bonds. The summed E-state index contributed by atoms with van der Waals surface area (Å²) in [6.45, 7) is 4.44. The Morgan fingerprint density at radius 2 is 2.17 bits per heavy atom. The zero-order valence-electron chi connectivity index (χ0n) is 14.4. The molecule has 0 aromatic heterocycles. The quantitative estimate of drug-likeness (QED) is 0.427. The number of amides is 1. The fourth-order valence-electron chi connectivity index (χ4n) is 3.48. The Morgan fingerprint density at radius 1 is 1.38 bits per heavy atom. The normalized spacial score (nSPS) is 22.2. The predicted molar refractivity (Wildman–Crippen MR) is 108 cm³/mol. The number of guanidine groups is 1. The van der Waals surface area contributed by atoms with Gasteiger partial charge < -0.3 is 15.5 Å². The Hall–Kier alpha value is -1.31. The molecule has 3 rings (SSSR count). The van der Waals surface area contributed by atoms with E-state index in [1.54, 1.807) is 7.05 Å². The average molecular weight is 442 g/mol. The number of fused-ring (bicyclic) bond motifs is 1. The van der Waals surface area contributed by atoms with Crippen LogP contribution in [0.2, 0.25) is 0 Å². The molecular formula is C18H27IN4O. The third kappa shape index (κ3) is 4.20. The van der Waals surface area contributed by atoms with Crippen molar-refractivity contribution in [3.05, 3.63) is 35.4 Å². The SMILES string of the molecule is CCC(=O)N1CCC(NC(=NC)NCC2Cc3ccccc32)C1.I. The minimum atomic E-state index is 0. The molecule has 24 heavy (non-hydrogen) atoms. The third-order valence-corrected chi connectivity index (χ3v) is 4.88. The van der Waals surface area contributed by atoms with E-state index >= 15 is 0 Å². The van der Waals surface area contributed by atoms with Gasteiger partial charge in [0.25, 0.3) is 0 Å². The Bertz CT molecular complexity index is 604. The number of aliphatic imine (C=N–C) groups is 1. The summed E-state index contributed by atoms with van der Waals surface area (Å²) in [7, 11) is 1.80. The van der Waals surface area contributed by atoms with Crippen LogP contribution in [0.4, 0.5) is 0 Å². The number of hydrogen-bond donors (Lipinski definition) is 2. The number of nitrogens with zero attached hydrogens (tertiary/aromatic N) is 2. The minimum absolute atomic E-state index is 0. The maximum atomic E-state index is 11.7. The molecule has 1 aromatic rings. The van der Waals surface area contributed by atoms with Gasteiger partial charge in [-0.05, 0) is 24.0 Å². The number of nitrogens with one attached hydrogen (secondary N) is 2. The fraction of sp³-hybridized carbons (Fsp3) is 0.556. The second-order valence-corrected chi connectivity index (χ2v) is 6.38. The molecule has 1 aromatic carbocycles. The van der Waals surface area contributed by atoms with E-state index in [4.69, 9.17) is 0 Å². The van der Waals surface area contributed by atoms with Gasteiger partial charge in [-0.3, -0.25) is 9.79 Å². The number of likely N-dealkylation sites (tertiary alicyclic amines) is 1. The predicted octanol–water partition coefficient (Wildman–Crippen LogP) is 2.12. The molecule has 1 fully saturated rings. The van der Waals surface area contributed by atoms with Gasteiger partial charge in [-0.25, -0.2) is 0 Å². The molecule has 0 spiro atoms. The molecule has 2 unspecified atom stereocenters. The molecule has 2 aliphatic rings. The van der Waals surface area contributed by atoms with Gasteiger partial charge in [0.1, 0.15) is 0 Å². The van der Waals surface area contributed by atoms with Gasteiger partial charge >= 0.3 is 0 Å². The summed E-state index contributed by atoms with van der Waals surface area (Å²) < 4.78 is 0. The first-order valence-electron chi connectivity index (χ1n) is 8.54. The smallest absolute Gasteiger partial charge is 0.222 e. The van der Waals surface area contributed by atoms with Crippen molar-refractivity contribution in [3.63, 3.8) is 0 Å². The Balaban J connectivity index is 0.00000208. The van der Waals surface area contributed by atoms with Crippen LogP contribution in [0.25, 0.3) is 0 Å². The maximum Gasteiger partial charge on any atom is 0.222 e. The monoisotopic (exact) mass is 442 g/mol. The van der Waals surface area contributed by atoms with Gasteiger partial charge in [-0.1, -0.05) is 31.2 Å². The lowest BCUT2D eigenvalue weighted by atomic mass is 9.78. The first-order valence-corrected chi connectivity index (χ1v) is 8.54. The molecule has 0 radical (unpaired) electrons. The van der Waals surface area contributed by atoms with Crippen LogP contribution in [-0.2, 0) is 11.2 Å². The van der Waals surface area contributed by atoms with E-state index in [0.29, 0.717) is 18.4 Å². The standard InChI is InChI=1S/C18H26N4O.HI/c1-3-17(23)22-9-8-15(12-22)21-18(19-2)20-11-14-10-13-6-4-5-7-16(13)14;/h4-7,14-15H,3,8-12H2,1-2H3,(H2,19,20,21);1H. The average Bonchev–Trinajstić information content (AvgIpc) is 3.02. The van der Waals surface area contributed by atoms with Gasteiger partial charge in [-0.15, -0.1) is 24.0 Å². The minimum Gasteiger partial charge on any atom is -0.356 e. The lowest BCUT2D eigenvalue weighted by Crippen LogP contribution is -2.46. The van der Waals surface area contributed by atoms with E-state index in [9.17, 15) is 4.79 Å². The summed E-state index contributed by atoms with van der Waals surface area (Å²) in [5, 5.41) is 6.88. The molecule has 1 heterocycles. The Morgan fingerprint density at radius 3 is 2.88 bits per heavy atom. The second-order valence-electron chi connectivity index (χ2n) is 6.38. The van der Waals surface area contributed by atoms with Crippen LogP contribution in [0, 0.1) is 0 Å². The van der Waals surface area contributed by atoms with Crippen LogP contribution in [0.1, 0.15) is 36.8 Å². The van der Waals surface area contributed by atoms with Crippen LogP contribution in [0.3, 0.4) is 0 Å². The van der Waals surface area contributed by atoms with E-state index in [2.05, 4.69) is 39.9 Å². The summed E-state index contributed by atoms with van der Waals surface area (Å²) in [6.07, 6.45) is 2.71. The summed E-state index contributed by atoms with van der Waals surface area (Å²) >= 11 is 0. The largest absolute Gasteiger partial charge is 0.356 e. The number of benzene rings is 1. The maximum absolute atomic E-state index is 11.7. The van der Waals surface area contributed by atoms with Crippen molar-refractivity contribution < 1.29 is 4.79 Å². The molecule has 1 aliphatic carbocycles. The van der Waals surface area contributed by atoms with E-state index in [1.165, 1.54) is 11.1 Å². The Kier molecular flexibility index (Phi) is 6.89. The van der Waals surface area contributed by atoms with Crippen molar-refractivity contribution >= 4 is 35.8 Å². The fourth-order valence-corrected chi connectivity index (χ4v) is 3.48.